The Morgan fingerprint density at radius 1 is 1.13 bits per heavy atom. The van der Waals surface area contributed by atoms with Gasteiger partial charge in [0.15, 0.2) is 0 Å². The molecule has 156 valence electrons. The molecule has 2 N–H and O–H groups in total. The Labute approximate surface area is 164 Å². The van der Waals surface area contributed by atoms with Crippen LogP contribution in [0, 0.1) is 0 Å². The highest BCUT2D eigenvalue weighted by molar-refractivity contribution is 6.22. The number of halogens is 5. The van der Waals surface area contributed by atoms with Crippen molar-refractivity contribution in [2.45, 2.75) is 12.6 Å². The van der Waals surface area contributed by atoms with Crippen LogP contribution in [0.2, 0.25) is 0 Å². The molecule has 0 saturated heterocycles. The number of hydrogen-bond donors (Lipinski definition) is 1. The van der Waals surface area contributed by atoms with Gasteiger partial charge < -0.3 is 5.73 Å². The monoisotopic (exact) mass is 426 g/mol. The van der Waals surface area contributed by atoms with Crippen molar-refractivity contribution in [3.63, 3.8) is 0 Å². The highest BCUT2D eigenvalue weighted by Gasteiger charge is 2.32. The van der Waals surface area contributed by atoms with E-state index in [9.17, 15) is 31.5 Å². The van der Waals surface area contributed by atoms with E-state index in [2.05, 4.69) is 15.1 Å². The molecule has 13 heteroatoms. The van der Waals surface area contributed by atoms with E-state index in [1.165, 1.54) is 18.7 Å². The van der Waals surface area contributed by atoms with Crippen molar-refractivity contribution in [3.8, 4) is 5.69 Å². The van der Waals surface area contributed by atoms with Gasteiger partial charge in [0, 0.05) is 29.7 Å². The summed E-state index contributed by atoms with van der Waals surface area (Å²) in [5.41, 5.74) is 1.42. The van der Waals surface area contributed by atoms with E-state index in [0.717, 1.165) is 17.1 Å². The molecule has 2 aromatic heterocycles. The minimum absolute atomic E-state index is 0.170. The van der Waals surface area contributed by atoms with Gasteiger partial charge in [0.2, 0.25) is 0 Å². The lowest BCUT2D eigenvalue weighted by molar-refractivity contribution is -0.137. The molecule has 30 heavy (non-hydrogen) atoms. The third kappa shape index (κ3) is 4.24. The van der Waals surface area contributed by atoms with E-state index in [4.69, 9.17) is 5.73 Å². The molecule has 0 fully saturated rings. The number of alkyl halides is 5. The Morgan fingerprint density at radius 2 is 1.80 bits per heavy atom. The number of benzene rings is 1. The van der Waals surface area contributed by atoms with E-state index < -0.39 is 41.0 Å². The molecule has 1 amide bonds. The van der Waals surface area contributed by atoms with Gasteiger partial charge in [-0.1, -0.05) is 0 Å². The highest BCUT2D eigenvalue weighted by atomic mass is 19.4. The molecule has 0 spiro atoms. The molecule has 0 saturated carbocycles. The second-order valence-corrected chi connectivity index (χ2v) is 5.88. The maximum atomic E-state index is 13.1. The van der Waals surface area contributed by atoms with E-state index >= 15 is 0 Å². The van der Waals surface area contributed by atoms with Gasteiger partial charge in [-0.2, -0.15) is 23.0 Å². The summed E-state index contributed by atoms with van der Waals surface area (Å²) in [5, 5.41) is 3.64. The summed E-state index contributed by atoms with van der Waals surface area (Å²) < 4.78 is 66.5. The summed E-state index contributed by atoms with van der Waals surface area (Å²) in [7, 11) is 0. The first-order chi connectivity index (χ1) is 14.1. The number of carbonyl (C=O) groups is 1. The molecule has 8 nitrogen and oxygen atoms in total. The van der Waals surface area contributed by atoms with Crippen molar-refractivity contribution in [2.75, 3.05) is 0 Å². The standard InChI is InChI=1S/C17H11F5N6O2/c18-14(19)9-1-11(17(20,21)22)3-12(2-9)28-16(30)27(8-26-28)6-13(15(23)29)10-4-24-7-25-5-10/h1-8,14H,(H2,23,29)/b13-6+. The number of aromatic nitrogens is 5. The van der Waals surface area contributed by atoms with E-state index in [1.807, 2.05) is 0 Å². The molecule has 0 bridgehead atoms. The van der Waals surface area contributed by atoms with Gasteiger partial charge in [-0.3, -0.25) is 9.36 Å². The minimum Gasteiger partial charge on any atom is -0.366 e. The van der Waals surface area contributed by atoms with Gasteiger partial charge in [-0.05, 0) is 18.2 Å². The van der Waals surface area contributed by atoms with Crippen molar-refractivity contribution in [3.05, 3.63) is 70.4 Å². The molecule has 1 aromatic carbocycles. The zero-order valence-corrected chi connectivity index (χ0v) is 14.7. The third-order valence-electron chi connectivity index (χ3n) is 3.86. The predicted molar refractivity (Wildman–Crippen MR) is 93.2 cm³/mol. The van der Waals surface area contributed by atoms with Crippen LogP contribution in [0.3, 0.4) is 0 Å². The smallest absolute Gasteiger partial charge is 0.366 e. The lowest BCUT2D eigenvalue weighted by Crippen LogP contribution is -2.23. The minimum atomic E-state index is -4.92. The number of rotatable bonds is 5. The average molecular weight is 426 g/mol. The molecule has 0 unspecified atom stereocenters. The second kappa shape index (κ2) is 7.85. The zero-order valence-electron chi connectivity index (χ0n) is 14.7. The predicted octanol–water partition coefficient (Wildman–Crippen LogP) is 2.26. The van der Waals surface area contributed by atoms with Gasteiger partial charge in [-0.15, -0.1) is 0 Å². The molecular weight excluding hydrogens is 415 g/mol. The largest absolute Gasteiger partial charge is 0.416 e. The number of nitrogens with zero attached hydrogens (tertiary/aromatic N) is 5. The van der Waals surface area contributed by atoms with Crippen molar-refractivity contribution in [2.24, 2.45) is 5.73 Å². The van der Waals surface area contributed by atoms with Crippen LogP contribution in [0.5, 0.6) is 0 Å². The maximum absolute atomic E-state index is 13.1. The molecular formula is C17H11F5N6O2. The fourth-order valence-electron chi connectivity index (χ4n) is 2.49. The Bertz CT molecular complexity index is 1170. The van der Waals surface area contributed by atoms with Crippen LogP contribution >= 0.6 is 0 Å². The van der Waals surface area contributed by atoms with Crippen LogP contribution in [0.15, 0.2) is 48.0 Å². The van der Waals surface area contributed by atoms with E-state index in [1.54, 1.807) is 0 Å². The first kappa shape index (κ1) is 20.8. The first-order valence-electron chi connectivity index (χ1n) is 8.02. The topological polar surface area (TPSA) is 109 Å². The summed E-state index contributed by atoms with van der Waals surface area (Å²) in [6.07, 6.45) is -2.56. The SMILES string of the molecule is NC(=O)/C(=C/n1cnn(-c2cc(C(F)F)cc(C(F)(F)F)c2)c1=O)c1cncnc1. The quantitative estimate of drug-likeness (QED) is 0.497. The fraction of sp³-hybridized carbons (Fsp3) is 0.118. The second-order valence-electron chi connectivity index (χ2n) is 5.88. The van der Waals surface area contributed by atoms with Crippen LogP contribution in [-0.4, -0.2) is 30.2 Å². The maximum Gasteiger partial charge on any atom is 0.416 e. The number of hydrogen-bond acceptors (Lipinski definition) is 5. The number of amides is 1. The van der Waals surface area contributed by atoms with Gasteiger partial charge in [0.25, 0.3) is 12.3 Å². The fourth-order valence-corrected chi connectivity index (χ4v) is 2.49. The number of carbonyl (C=O) groups excluding carboxylic acids is 1. The van der Waals surface area contributed by atoms with Gasteiger partial charge >= 0.3 is 11.9 Å². The van der Waals surface area contributed by atoms with Gasteiger partial charge in [0.1, 0.15) is 12.7 Å². The lowest BCUT2D eigenvalue weighted by atomic mass is 10.1. The van der Waals surface area contributed by atoms with Gasteiger partial charge in [-0.25, -0.2) is 23.5 Å². The normalized spacial score (nSPS) is 12.4. The van der Waals surface area contributed by atoms with Crippen LogP contribution in [0.25, 0.3) is 17.5 Å². The molecule has 2 heterocycles. The molecule has 0 aliphatic heterocycles. The Hall–Kier alpha value is -3.90. The molecule has 0 aliphatic rings. The van der Waals surface area contributed by atoms with Crippen molar-refractivity contribution in [1.82, 2.24) is 24.3 Å². The Balaban J connectivity index is 2.13. The first-order valence-corrected chi connectivity index (χ1v) is 8.02. The summed E-state index contributed by atoms with van der Waals surface area (Å²) >= 11 is 0. The van der Waals surface area contributed by atoms with Crippen LogP contribution in [0.1, 0.15) is 23.1 Å². The molecule has 3 rings (SSSR count). The summed E-state index contributed by atoms with van der Waals surface area (Å²) in [4.78, 5) is 31.7. The molecule has 3 aromatic rings. The molecule has 0 radical (unpaired) electrons. The van der Waals surface area contributed by atoms with E-state index in [-0.39, 0.29) is 17.2 Å². The van der Waals surface area contributed by atoms with Crippen molar-refractivity contribution < 1.29 is 26.7 Å². The summed E-state index contributed by atoms with van der Waals surface area (Å²) in [6.45, 7) is 0. The summed E-state index contributed by atoms with van der Waals surface area (Å²) in [6, 6.07) is 1.51. The third-order valence-corrected chi connectivity index (χ3v) is 3.86. The van der Waals surface area contributed by atoms with E-state index in [0.29, 0.717) is 16.8 Å². The van der Waals surface area contributed by atoms with Crippen LogP contribution < -0.4 is 11.4 Å². The average Bonchev–Trinajstić information content (AvgIpc) is 3.05. The van der Waals surface area contributed by atoms with Crippen LogP contribution in [0.4, 0.5) is 22.0 Å². The number of primary amides is 1. The Kier molecular flexibility index (Phi) is 5.45. The molecule has 0 aliphatic carbocycles. The lowest BCUT2D eigenvalue weighted by Gasteiger charge is -2.11. The Morgan fingerprint density at radius 3 is 2.37 bits per heavy atom. The van der Waals surface area contributed by atoms with Crippen LogP contribution in [-0.2, 0) is 11.0 Å². The molecule has 0 atom stereocenters. The highest BCUT2D eigenvalue weighted by Crippen LogP contribution is 2.33. The van der Waals surface area contributed by atoms with Crippen molar-refractivity contribution >= 4 is 17.7 Å². The zero-order chi connectivity index (χ0) is 22.1. The van der Waals surface area contributed by atoms with Gasteiger partial charge in [0.05, 0.1) is 16.8 Å². The van der Waals surface area contributed by atoms with Crippen molar-refractivity contribution in [1.29, 1.82) is 0 Å². The summed E-state index contributed by atoms with van der Waals surface area (Å²) in [5.74, 6) is -0.941. The number of nitrogens with two attached hydrogens (primary N) is 1.